The van der Waals surface area contributed by atoms with Crippen LogP contribution in [0.25, 0.3) is 0 Å². The Kier molecular flexibility index (Phi) is 5.29. The van der Waals surface area contributed by atoms with Crippen LogP contribution in [0.5, 0.6) is 0 Å². The molecule has 1 atom stereocenters. The van der Waals surface area contributed by atoms with Crippen LogP contribution < -0.4 is 11.1 Å². The van der Waals surface area contributed by atoms with E-state index < -0.39 is 5.92 Å². The minimum Gasteiger partial charge on any atom is -0.402 e. The Labute approximate surface area is 112 Å². The summed E-state index contributed by atoms with van der Waals surface area (Å²) in [7, 11) is 0. The van der Waals surface area contributed by atoms with Crippen molar-refractivity contribution < 1.29 is 14.4 Å². The average Bonchev–Trinajstić information content (AvgIpc) is 2.37. The van der Waals surface area contributed by atoms with Crippen LogP contribution >= 0.6 is 0 Å². The Morgan fingerprint density at radius 1 is 1.58 bits per heavy atom. The second kappa shape index (κ2) is 6.72. The Balaban J connectivity index is 2.67. The molecule has 1 unspecified atom stereocenters. The van der Waals surface area contributed by atoms with E-state index >= 15 is 0 Å². The molecule has 1 fully saturated rings. The van der Waals surface area contributed by atoms with Crippen LogP contribution in [0, 0.1) is 5.92 Å². The first kappa shape index (κ1) is 14.9. The van der Waals surface area contributed by atoms with E-state index in [1.807, 2.05) is 6.92 Å². The van der Waals surface area contributed by atoms with Crippen molar-refractivity contribution >= 4 is 17.7 Å². The second-order valence-corrected chi connectivity index (χ2v) is 4.39. The maximum Gasteiger partial charge on any atom is 0.252 e. The van der Waals surface area contributed by atoms with Gasteiger partial charge in [0.1, 0.15) is 0 Å². The van der Waals surface area contributed by atoms with Gasteiger partial charge in [-0.1, -0.05) is 13.5 Å². The minimum atomic E-state index is -0.393. The van der Waals surface area contributed by atoms with Gasteiger partial charge in [-0.15, -0.1) is 0 Å². The number of hydrogen-bond acceptors (Lipinski definition) is 4. The molecule has 0 aromatic heterocycles. The molecule has 104 valence electrons. The molecular weight excluding hydrogens is 246 g/mol. The van der Waals surface area contributed by atoms with Gasteiger partial charge in [-0.25, -0.2) is 0 Å². The van der Waals surface area contributed by atoms with Crippen LogP contribution in [0.15, 0.2) is 24.6 Å². The maximum absolute atomic E-state index is 11.9. The Morgan fingerprint density at radius 2 is 2.26 bits per heavy atom. The Hall–Kier alpha value is -2.11. The number of nitrogens with one attached hydrogen (secondary N) is 1. The molecule has 6 heteroatoms. The number of hydrogen-bond donors (Lipinski definition) is 2. The number of carbonyl (C=O) groups excluding carboxylic acids is 3. The van der Waals surface area contributed by atoms with Gasteiger partial charge < -0.3 is 10.6 Å². The number of nitrogens with two attached hydrogens (primary N) is 1. The minimum absolute atomic E-state index is 0.203. The molecule has 1 saturated heterocycles. The lowest BCUT2D eigenvalue weighted by Gasteiger charge is -2.25. The van der Waals surface area contributed by atoms with E-state index in [1.165, 1.54) is 17.2 Å². The molecule has 6 nitrogen and oxygen atoms in total. The quantitative estimate of drug-likeness (QED) is 0.551. The standard InChI is InChI=1S/C13H19N3O3/c1-3-10(14)7-12(18)16(4-2)8-9-5-6-11(17)15-13(9)19/h4,7,9H,2-3,5-6,8,14H2,1H3,(H,15,17,19)/b10-7+. The molecule has 0 saturated carbocycles. The first-order chi connectivity index (χ1) is 8.97. The van der Waals surface area contributed by atoms with E-state index in [0.717, 1.165) is 0 Å². The second-order valence-electron chi connectivity index (χ2n) is 4.39. The normalized spacial score (nSPS) is 19.8. The highest BCUT2D eigenvalue weighted by Crippen LogP contribution is 2.14. The predicted molar refractivity (Wildman–Crippen MR) is 70.3 cm³/mol. The lowest BCUT2D eigenvalue weighted by Crippen LogP contribution is -2.45. The third kappa shape index (κ3) is 4.24. The number of piperidine rings is 1. The lowest BCUT2D eigenvalue weighted by molar-refractivity contribution is -0.137. The summed E-state index contributed by atoms with van der Waals surface area (Å²) in [5.41, 5.74) is 6.07. The van der Waals surface area contributed by atoms with Crippen molar-refractivity contribution in [2.75, 3.05) is 6.54 Å². The van der Waals surface area contributed by atoms with E-state index in [-0.39, 0.29) is 24.3 Å². The topological polar surface area (TPSA) is 92.5 Å². The van der Waals surface area contributed by atoms with Crippen molar-refractivity contribution in [3.8, 4) is 0 Å². The van der Waals surface area contributed by atoms with Crippen LogP contribution in [0.1, 0.15) is 26.2 Å². The lowest BCUT2D eigenvalue weighted by atomic mass is 9.97. The summed E-state index contributed by atoms with van der Waals surface area (Å²) in [5.74, 6) is -1.31. The van der Waals surface area contributed by atoms with Gasteiger partial charge in [0.15, 0.2) is 0 Å². The molecule has 1 aliphatic heterocycles. The third-order valence-corrected chi connectivity index (χ3v) is 2.99. The van der Waals surface area contributed by atoms with Crippen molar-refractivity contribution in [3.63, 3.8) is 0 Å². The predicted octanol–water partition coefficient (Wildman–Crippen LogP) is 0.264. The molecule has 0 aromatic rings. The summed E-state index contributed by atoms with van der Waals surface area (Å²) in [4.78, 5) is 35.9. The molecule has 0 bridgehead atoms. The molecule has 1 rings (SSSR count). The molecular formula is C13H19N3O3. The fourth-order valence-corrected chi connectivity index (χ4v) is 1.75. The zero-order valence-electron chi connectivity index (χ0n) is 11.0. The highest BCUT2D eigenvalue weighted by Gasteiger charge is 2.28. The number of nitrogens with zero attached hydrogens (tertiary/aromatic N) is 1. The molecule has 0 radical (unpaired) electrons. The summed E-state index contributed by atoms with van der Waals surface area (Å²) >= 11 is 0. The summed E-state index contributed by atoms with van der Waals surface area (Å²) in [6, 6.07) is 0. The zero-order chi connectivity index (χ0) is 14.4. The van der Waals surface area contributed by atoms with Crippen LogP contribution in [0.3, 0.4) is 0 Å². The first-order valence-corrected chi connectivity index (χ1v) is 6.20. The van der Waals surface area contributed by atoms with Gasteiger partial charge in [0, 0.05) is 24.7 Å². The van der Waals surface area contributed by atoms with E-state index in [0.29, 0.717) is 25.0 Å². The van der Waals surface area contributed by atoms with Gasteiger partial charge in [0.2, 0.25) is 11.8 Å². The molecule has 1 aliphatic rings. The zero-order valence-corrected chi connectivity index (χ0v) is 11.0. The van der Waals surface area contributed by atoms with Gasteiger partial charge in [-0.3, -0.25) is 19.7 Å². The highest BCUT2D eigenvalue weighted by atomic mass is 16.2. The molecule has 3 amide bonds. The summed E-state index contributed by atoms with van der Waals surface area (Å²) in [5, 5.41) is 2.26. The molecule has 1 heterocycles. The number of rotatable bonds is 5. The van der Waals surface area contributed by atoms with Gasteiger partial charge in [0.25, 0.3) is 5.91 Å². The fraction of sp³-hybridized carbons (Fsp3) is 0.462. The monoisotopic (exact) mass is 265 g/mol. The molecule has 19 heavy (non-hydrogen) atoms. The summed E-state index contributed by atoms with van der Waals surface area (Å²) < 4.78 is 0. The van der Waals surface area contributed by atoms with Crippen molar-refractivity contribution in [3.05, 3.63) is 24.6 Å². The van der Waals surface area contributed by atoms with Gasteiger partial charge in [0.05, 0.1) is 5.92 Å². The largest absolute Gasteiger partial charge is 0.402 e. The van der Waals surface area contributed by atoms with Gasteiger partial charge in [-0.2, -0.15) is 0 Å². The van der Waals surface area contributed by atoms with Crippen molar-refractivity contribution in [2.24, 2.45) is 11.7 Å². The van der Waals surface area contributed by atoms with Gasteiger partial charge in [-0.05, 0) is 19.0 Å². The van der Waals surface area contributed by atoms with Crippen molar-refractivity contribution in [1.29, 1.82) is 0 Å². The van der Waals surface area contributed by atoms with Crippen LogP contribution in [0.4, 0.5) is 0 Å². The van der Waals surface area contributed by atoms with E-state index in [9.17, 15) is 14.4 Å². The Morgan fingerprint density at radius 3 is 2.79 bits per heavy atom. The number of carbonyl (C=O) groups is 3. The third-order valence-electron chi connectivity index (χ3n) is 2.99. The van der Waals surface area contributed by atoms with E-state index in [2.05, 4.69) is 11.9 Å². The Bertz CT molecular complexity index is 429. The highest BCUT2D eigenvalue weighted by molar-refractivity contribution is 5.99. The van der Waals surface area contributed by atoms with Crippen LogP contribution in [-0.2, 0) is 14.4 Å². The SMILES string of the molecule is C=CN(CC1CCC(=O)NC1=O)C(=O)/C=C(/N)CC. The van der Waals surface area contributed by atoms with Gasteiger partial charge >= 0.3 is 0 Å². The van der Waals surface area contributed by atoms with Crippen molar-refractivity contribution in [2.45, 2.75) is 26.2 Å². The van der Waals surface area contributed by atoms with E-state index in [1.54, 1.807) is 0 Å². The number of imide groups is 1. The molecule has 0 aromatic carbocycles. The maximum atomic E-state index is 11.9. The summed E-state index contributed by atoms with van der Waals surface area (Å²) in [6.45, 7) is 5.61. The fourth-order valence-electron chi connectivity index (χ4n) is 1.75. The summed E-state index contributed by atoms with van der Waals surface area (Å²) in [6.07, 6.45) is 4.01. The average molecular weight is 265 g/mol. The number of amides is 3. The van der Waals surface area contributed by atoms with E-state index in [4.69, 9.17) is 5.73 Å². The first-order valence-electron chi connectivity index (χ1n) is 6.20. The van der Waals surface area contributed by atoms with Crippen LogP contribution in [-0.4, -0.2) is 29.2 Å². The molecule has 0 spiro atoms. The van der Waals surface area contributed by atoms with Crippen LogP contribution in [0.2, 0.25) is 0 Å². The smallest absolute Gasteiger partial charge is 0.252 e. The molecule has 3 N–H and O–H groups in total. The number of allylic oxidation sites excluding steroid dienone is 1. The van der Waals surface area contributed by atoms with Crippen molar-refractivity contribution in [1.82, 2.24) is 10.2 Å². The molecule has 0 aliphatic carbocycles.